The molecule has 0 atom stereocenters. The average molecular weight is 880 g/mol. The zero-order valence-electron chi connectivity index (χ0n) is 37.0. The number of aromatic nitrogens is 5. The fourth-order valence-corrected chi connectivity index (χ4v) is 11.1. The Morgan fingerprint density at radius 2 is 0.783 bits per heavy atom. The fourth-order valence-electron chi connectivity index (χ4n) is 11.1. The van der Waals surface area contributed by atoms with Crippen molar-refractivity contribution >= 4 is 97.9 Å². The molecule has 69 heavy (non-hydrogen) atoms. The fraction of sp³-hybridized carbons (Fsp3) is 0. The van der Waals surface area contributed by atoms with Gasteiger partial charge >= 0.3 is 0 Å². The molecule has 0 radical (unpaired) electrons. The molecule has 11 aromatic carbocycles. The van der Waals surface area contributed by atoms with Gasteiger partial charge in [-0.2, -0.15) is 9.97 Å². The number of fused-ring (bicyclic) bond motifs is 15. The third-order valence-electron chi connectivity index (χ3n) is 14.2. The highest BCUT2D eigenvalue weighted by molar-refractivity contribution is 6.26. The van der Waals surface area contributed by atoms with Gasteiger partial charge in [0.1, 0.15) is 11.2 Å². The van der Waals surface area contributed by atoms with Crippen molar-refractivity contribution in [2.45, 2.75) is 0 Å². The first-order valence-corrected chi connectivity index (χ1v) is 23.3. The van der Waals surface area contributed by atoms with Gasteiger partial charge in [0, 0.05) is 49.0 Å². The molecule has 15 aromatic rings. The number of rotatable bonds is 5. The Labute approximate surface area is 394 Å². The van der Waals surface area contributed by atoms with Crippen molar-refractivity contribution in [2.75, 3.05) is 0 Å². The summed E-state index contributed by atoms with van der Waals surface area (Å²) < 4.78 is 11.0. The average Bonchev–Trinajstić information content (AvgIpc) is 4.07. The van der Waals surface area contributed by atoms with E-state index >= 15 is 0 Å². The monoisotopic (exact) mass is 879 g/mol. The normalized spacial score (nSPS) is 12.1. The minimum atomic E-state index is 0.535. The zero-order chi connectivity index (χ0) is 45.2. The highest BCUT2D eigenvalue weighted by Crippen LogP contribution is 2.43. The molecule has 0 aliphatic heterocycles. The summed E-state index contributed by atoms with van der Waals surface area (Å²) in [7, 11) is 0. The second-order valence-corrected chi connectivity index (χ2v) is 17.9. The maximum absolute atomic E-state index is 6.37. The van der Waals surface area contributed by atoms with E-state index in [-0.39, 0.29) is 0 Å². The van der Waals surface area contributed by atoms with Crippen molar-refractivity contribution < 1.29 is 4.42 Å². The van der Waals surface area contributed by atoms with Crippen LogP contribution < -0.4 is 0 Å². The molecule has 0 aliphatic rings. The number of benzene rings is 11. The molecule has 320 valence electrons. The molecular formula is C63H37N5O. The first-order chi connectivity index (χ1) is 34.2. The van der Waals surface area contributed by atoms with Crippen LogP contribution in [0.25, 0.3) is 143 Å². The number of hydrogen-bond donors (Lipinski definition) is 0. The van der Waals surface area contributed by atoms with Gasteiger partial charge in [-0.1, -0.05) is 170 Å². The Hall–Kier alpha value is -9.39. The van der Waals surface area contributed by atoms with Gasteiger partial charge in [0.25, 0.3) is 0 Å². The minimum Gasteiger partial charge on any atom is -0.456 e. The molecular weight excluding hydrogens is 843 g/mol. The van der Waals surface area contributed by atoms with E-state index in [0.717, 1.165) is 82.7 Å². The first kappa shape index (κ1) is 37.8. The molecule has 6 heteroatoms. The van der Waals surface area contributed by atoms with Gasteiger partial charge in [0.2, 0.25) is 5.95 Å². The number of hydrogen-bond acceptors (Lipinski definition) is 4. The molecule has 4 aromatic heterocycles. The van der Waals surface area contributed by atoms with Crippen LogP contribution in [0.5, 0.6) is 0 Å². The number of furan rings is 1. The zero-order valence-corrected chi connectivity index (χ0v) is 37.0. The smallest absolute Gasteiger partial charge is 0.238 e. The molecule has 0 aliphatic carbocycles. The van der Waals surface area contributed by atoms with Crippen LogP contribution in [0.1, 0.15) is 0 Å². The molecule has 0 saturated heterocycles. The number of para-hydroxylation sites is 4. The highest BCUT2D eigenvalue weighted by Gasteiger charge is 2.23. The summed E-state index contributed by atoms with van der Waals surface area (Å²) in [5, 5.41) is 14.3. The molecule has 0 bridgehead atoms. The van der Waals surface area contributed by atoms with Crippen molar-refractivity contribution in [1.82, 2.24) is 24.1 Å². The van der Waals surface area contributed by atoms with E-state index in [2.05, 4.69) is 197 Å². The Kier molecular flexibility index (Phi) is 7.97. The Bertz CT molecular complexity index is 4580. The minimum absolute atomic E-state index is 0.535. The SMILES string of the molecule is c1ccc(-c2nc(-c3ccc4c(c3)oc3ccccc34)nc(-n3c4ccccc4c4cc5c6ccccc6n(-c6ccccc6-c6ccc7c8ccccc8c8ccccc8c7c6)c5cc43)n2)cc1. The van der Waals surface area contributed by atoms with E-state index in [4.69, 9.17) is 19.4 Å². The Balaban J connectivity index is 0.984. The van der Waals surface area contributed by atoms with Crippen LogP contribution in [0, 0.1) is 0 Å². The van der Waals surface area contributed by atoms with Crippen molar-refractivity contribution in [3.8, 4) is 45.5 Å². The van der Waals surface area contributed by atoms with Gasteiger partial charge in [-0.25, -0.2) is 4.98 Å². The van der Waals surface area contributed by atoms with Crippen LogP contribution in [-0.4, -0.2) is 24.1 Å². The first-order valence-electron chi connectivity index (χ1n) is 23.3. The van der Waals surface area contributed by atoms with Crippen LogP contribution in [-0.2, 0) is 0 Å². The molecule has 15 rings (SSSR count). The standard InChI is InChI=1S/C63H37N5O/c1-2-16-38(17-3-1)61-64-62(40-31-33-50-49-25-11-15-29-59(49)69-60(50)35-40)66-63(65-61)68-56-28-14-10-24-48(56)53-36-52-47-23-9-13-27-55(47)67(57(52)37-58(53)68)54-26-12-8-18-41(54)39-30-32-46-44-21-5-4-19-42(44)43-20-6-7-22-45(43)51(46)34-39/h1-37H. The summed E-state index contributed by atoms with van der Waals surface area (Å²) >= 11 is 0. The van der Waals surface area contributed by atoms with Gasteiger partial charge in [0.15, 0.2) is 11.6 Å². The van der Waals surface area contributed by atoms with Gasteiger partial charge in [-0.15, -0.1) is 0 Å². The van der Waals surface area contributed by atoms with Gasteiger partial charge in [-0.3, -0.25) is 4.57 Å². The van der Waals surface area contributed by atoms with Crippen LogP contribution in [0.4, 0.5) is 0 Å². The second-order valence-electron chi connectivity index (χ2n) is 17.9. The third-order valence-corrected chi connectivity index (χ3v) is 14.2. The van der Waals surface area contributed by atoms with E-state index in [0.29, 0.717) is 17.6 Å². The predicted octanol–water partition coefficient (Wildman–Crippen LogP) is 16.4. The molecule has 6 nitrogen and oxygen atoms in total. The maximum Gasteiger partial charge on any atom is 0.238 e. The van der Waals surface area contributed by atoms with Gasteiger partial charge < -0.3 is 8.98 Å². The lowest BCUT2D eigenvalue weighted by molar-refractivity contribution is 0.669. The van der Waals surface area contributed by atoms with E-state index in [1.165, 1.54) is 43.1 Å². The van der Waals surface area contributed by atoms with Crippen LogP contribution in [0.3, 0.4) is 0 Å². The lowest BCUT2D eigenvalue weighted by Gasteiger charge is -2.16. The van der Waals surface area contributed by atoms with Crippen molar-refractivity contribution in [2.24, 2.45) is 0 Å². The van der Waals surface area contributed by atoms with Crippen LogP contribution in [0.2, 0.25) is 0 Å². The predicted molar refractivity (Wildman–Crippen MR) is 285 cm³/mol. The van der Waals surface area contributed by atoms with E-state index in [1.807, 2.05) is 36.4 Å². The van der Waals surface area contributed by atoms with Gasteiger partial charge in [-0.05, 0) is 92.5 Å². The Morgan fingerprint density at radius 3 is 1.51 bits per heavy atom. The third kappa shape index (κ3) is 5.63. The van der Waals surface area contributed by atoms with Crippen molar-refractivity contribution in [1.29, 1.82) is 0 Å². The van der Waals surface area contributed by atoms with Crippen LogP contribution >= 0.6 is 0 Å². The molecule has 4 heterocycles. The summed E-state index contributed by atoms with van der Waals surface area (Å²) in [6.45, 7) is 0. The molecule has 0 spiro atoms. The summed E-state index contributed by atoms with van der Waals surface area (Å²) in [4.78, 5) is 15.8. The maximum atomic E-state index is 6.37. The molecule has 0 amide bonds. The van der Waals surface area contributed by atoms with Crippen LogP contribution in [0.15, 0.2) is 229 Å². The van der Waals surface area contributed by atoms with E-state index in [9.17, 15) is 0 Å². The summed E-state index contributed by atoms with van der Waals surface area (Å²) in [6.07, 6.45) is 0. The van der Waals surface area contributed by atoms with Crippen molar-refractivity contribution in [3.63, 3.8) is 0 Å². The summed E-state index contributed by atoms with van der Waals surface area (Å²) in [5.41, 5.74) is 11.0. The largest absolute Gasteiger partial charge is 0.456 e. The molecule has 0 saturated carbocycles. The topological polar surface area (TPSA) is 61.7 Å². The lowest BCUT2D eigenvalue weighted by Crippen LogP contribution is -2.06. The van der Waals surface area contributed by atoms with E-state index < -0.39 is 0 Å². The highest BCUT2D eigenvalue weighted by atomic mass is 16.3. The molecule has 0 fully saturated rings. The van der Waals surface area contributed by atoms with Crippen molar-refractivity contribution in [3.05, 3.63) is 224 Å². The molecule has 0 N–H and O–H groups in total. The van der Waals surface area contributed by atoms with Gasteiger partial charge in [0.05, 0.1) is 27.8 Å². The second kappa shape index (κ2) is 14.6. The number of nitrogens with zero attached hydrogens (tertiary/aromatic N) is 5. The van der Waals surface area contributed by atoms with E-state index in [1.54, 1.807) is 0 Å². The summed E-state index contributed by atoms with van der Waals surface area (Å²) in [6, 6.07) is 80.0. The molecule has 0 unspecified atom stereocenters. The Morgan fingerprint density at radius 1 is 0.275 bits per heavy atom. The lowest BCUT2D eigenvalue weighted by atomic mass is 9.92. The quantitative estimate of drug-likeness (QED) is 0.162. The summed E-state index contributed by atoms with van der Waals surface area (Å²) in [5.74, 6) is 1.69.